The van der Waals surface area contributed by atoms with Crippen LogP contribution in [-0.4, -0.2) is 12.1 Å². The van der Waals surface area contributed by atoms with Gasteiger partial charge in [-0.05, 0) is 54.3 Å². The van der Waals surface area contributed by atoms with Gasteiger partial charge in [-0.25, -0.2) is 4.79 Å². The molecule has 0 aromatic heterocycles. The third kappa shape index (κ3) is 5.33. The number of hydrogen-bond acceptors (Lipinski definition) is 6. The number of carbonyl (C=O) groups is 1. The summed E-state index contributed by atoms with van der Waals surface area (Å²) in [6.07, 6.45) is -0.817. The molecule has 0 saturated carbocycles. The lowest BCUT2D eigenvalue weighted by Gasteiger charge is -2.27. The van der Waals surface area contributed by atoms with E-state index < -0.39 is 18.0 Å². The van der Waals surface area contributed by atoms with Crippen molar-refractivity contribution in [2.45, 2.75) is 38.7 Å². The second-order valence-electron chi connectivity index (χ2n) is 8.58. The standard InChI is InChI=1S/C28H25BrN2O4/c1-16(2)18-6-10-21(11-7-18)33-17(3)28(32)34-22-12-13-23-25(14-22)35-27(31)24(15-30)26(23)19-4-8-20(29)9-5-19/h4-14,16-17,26H,31H2,1-3H3. The van der Waals surface area contributed by atoms with Gasteiger partial charge in [0.05, 0.1) is 5.92 Å². The number of benzene rings is 3. The fraction of sp³-hybridized carbons (Fsp3) is 0.214. The van der Waals surface area contributed by atoms with Crippen LogP contribution in [-0.2, 0) is 4.79 Å². The van der Waals surface area contributed by atoms with E-state index in [9.17, 15) is 10.1 Å². The molecule has 2 N–H and O–H groups in total. The average Bonchev–Trinajstić information content (AvgIpc) is 2.84. The zero-order chi connectivity index (χ0) is 25.1. The molecule has 0 spiro atoms. The Bertz CT molecular complexity index is 1310. The zero-order valence-corrected chi connectivity index (χ0v) is 21.2. The normalized spacial score (nSPS) is 15.6. The Morgan fingerprint density at radius 3 is 2.31 bits per heavy atom. The quantitative estimate of drug-likeness (QED) is 0.301. The topological polar surface area (TPSA) is 94.6 Å². The minimum absolute atomic E-state index is 0.0259. The van der Waals surface area contributed by atoms with E-state index in [2.05, 4.69) is 35.8 Å². The fourth-order valence-electron chi connectivity index (χ4n) is 3.88. The van der Waals surface area contributed by atoms with E-state index in [-0.39, 0.29) is 5.88 Å². The van der Waals surface area contributed by atoms with Crippen molar-refractivity contribution in [3.63, 3.8) is 0 Å². The highest BCUT2D eigenvalue weighted by molar-refractivity contribution is 9.10. The van der Waals surface area contributed by atoms with Crippen LogP contribution in [0.5, 0.6) is 17.2 Å². The lowest BCUT2D eigenvalue weighted by Crippen LogP contribution is -2.28. The van der Waals surface area contributed by atoms with Gasteiger partial charge < -0.3 is 19.9 Å². The number of nitriles is 1. The Hall–Kier alpha value is -3.76. The molecule has 0 fully saturated rings. The summed E-state index contributed by atoms with van der Waals surface area (Å²) < 4.78 is 18.0. The number of nitrogens with two attached hydrogens (primary N) is 1. The summed E-state index contributed by atoms with van der Waals surface area (Å²) >= 11 is 3.43. The fourth-order valence-corrected chi connectivity index (χ4v) is 4.14. The van der Waals surface area contributed by atoms with Crippen LogP contribution < -0.4 is 19.9 Å². The van der Waals surface area contributed by atoms with E-state index in [4.69, 9.17) is 19.9 Å². The zero-order valence-electron chi connectivity index (χ0n) is 19.6. The first-order valence-corrected chi connectivity index (χ1v) is 12.0. The first-order chi connectivity index (χ1) is 16.8. The van der Waals surface area contributed by atoms with E-state index in [0.717, 1.165) is 15.6 Å². The van der Waals surface area contributed by atoms with Gasteiger partial charge in [-0.2, -0.15) is 5.26 Å². The third-order valence-corrected chi connectivity index (χ3v) is 6.33. The number of esters is 1. The summed E-state index contributed by atoms with van der Waals surface area (Å²) in [6.45, 7) is 5.87. The Morgan fingerprint density at radius 2 is 1.69 bits per heavy atom. The molecule has 6 nitrogen and oxygen atoms in total. The van der Waals surface area contributed by atoms with Gasteiger partial charge >= 0.3 is 5.97 Å². The highest BCUT2D eigenvalue weighted by atomic mass is 79.9. The molecule has 1 heterocycles. The molecule has 7 heteroatoms. The second kappa shape index (κ2) is 10.2. The second-order valence-corrected chi connectivity index (χ2v) is 9.50. The Kier molecular flexibility index (Phi) is 7.13. The summed E-state index contributed by atoms with van der Waals surface area (Å²) in [5, 5.41) is 9.71. The summed E-state index contributed by atoms with van der Waals surface area (Å²) in [5.74, 6) is 0.815. The number of nitrogens with zero attached hydrogens (tertiary/aromatic N) is 1. The SMILES string of the molecule is CC(Oc1ccc(C(C)C)cc1)C(=O)Oc1ccc2c(c1)OC(N)=C(C#N)C2c1ccc(Br)cc1. The Morgan fingerprint density at radius 1 is 1.03 bits per heavy atom. The van der Waals surface area contributed by atoms with Gasteiger partial charge in [-0.1, -0.05) is 60.1 Å². The van der Waals surface area contributed by atoms with E-state index in [1.54, 1.807) is 25.1 Å². The van der Waals surface area contributed by atoms with Crippen molar-refractivity contribution in [1.29, 1.82) is 5.26 Å². The van der Waals surface area contributed by atoms with Gasteiger partial charge in [0.1, 0.15) is 28.9 Å². The van der Waals surface area contributed by atoms with Crippen molar-refractivity contribution in [3.8, 4) is 23.3 Å². The average molecular weight is 533 g/mol. The number of rotatable bonds is 6. The van der Waals surface area contributed by atoms with Crippen LogP contribution in [0.3, 0.4) is 0 Å². The molecule has 0 radical (unpaired) electrons. The molecular formula is C28H25BrN2O4. The van der Waals surface area contributed by atoms with E-state index in [1.807, 2.05) is 48.5 Å². The predicted octanol–water partition coefficient (Wildman–Crippen LogP) is 6.16. The minimum atomic E-state index is -0.817. The maximum absolute atomic E-state index is 12.7. The van der Waals surface area contributed by atoms with Crippen molar-refractivity contribution in [2.75, 3.05) is 0 Å². The molecule has 4 rings (SSSR count). The molecule has 1 aliphatic rings. The molecule has 3 aromatic carbocycles. The van der Waals surface area contributed by atoms with Crippen LogP contribution in [0.25, 0.3) is 0 Å². The first kappa shape index (κ1) is 24.4. The molecular weight excluding hydrogens is 508 g/mol. The van der Waals surface area contributed by atoms with Crippen LogP contribution in [0, 0.1) is 11.3 Å². The van der Waals surface area contributed by atoms with Gasteiger partial charge in [0.2, 0.25) is 5.88 Å². The van der Waals surface area contributed by atoms with Crippen LogP contribution >= 0.6 is 15.9 Å². The number of halogens is 1. The van der Waals surface area contributed by atoms with Crippen molar-refractivity contribution in [1.82, 2.24) is 0 Å². The first-order valence-electron chi connectivity index (χ1n) is 11.2. The molecule has 0 saturated heterocycles. The van der Waals surface area contributed by atoms with Gasteiger partial charge in [0, 0.05) is 16.1 Å². The van der Waals surface area contributed by atoms with Crippen LogP contribution in [0.4, 0.5) is 0 Å². The maximum atomic E-state index is 12.7. The summed E-state index contributed by atoms with van der Waals surface area (Å²) in [4.78, 5) is 12.7. The lowest BCUT2D eigenvalue weighted by atomic mass is 9.83. The molecule has 1 aliphatic heterocycles. The molecule has 0 aliphatic carbocycles. The molecule has 0 bridgehead atoms. The molecule has 35 heavy (non-hydrogen) atoms. The predicted molar refractivity (Wildman–Crippen MR) is 136 cm³/mol. The van der Waals surface area contributed by atoms with Crippen molar-refractivity contribution in [3.05, 3.63) is 99.3 Å². The molecule has 2 unspecified atom stereocenters. The highest BCUT2D eigenvalue weighted by Gasteiger charge is 2.31. The van der Waals surface area contributed by atoms with Crippen molar-refractivity contribution >= 4 is 21.9 Å². The smallest absolute Gasteiger partial charge is 0.352 e. The van der Waals surface area contributed by atoms with E-state index in [1.165, 1.54) is 5.56 Å². The number of carbonyl (C=O) groups excluding carboxylic acids is 1. The third-order valence-electron chi connectivity index (χ3n) is 5.80. The van der Waals surface area contributed by atoms with Crippen molar-refractivity contribution in [2.24, 2.45) is 5.73 Å². The van der Waals surface area contributed by atoms with Crippen LogP contribution in [0.2, 0.25) is 0 Å². The highest BCUT2D eigenvalue weighted by Crippen LogP contribution is 2.43. The molecule has 3 aromatic rings. The van der Waals surface area contributed by atoms with E-state index in [0.29, 0.717) is 28.7 Å². The largest absolute Gasteiger partial charge is 0.479 e. The van der Waals surface area contributed by atoms with Gasteiger partial charge in [0.15, 0.2) is 6.10 Å². The number of fused-ring (bicyclic) bond motifs is 1. The Labute approximate surface area is 213 Å². The lowest BCUT2D eigenvalue weighted by molar-refractivity contribution is -0.141. The van der Waals surface area contributed by atoms with Gasteiger partial charge in [-0.15, -0.1) is 0 Å². The van der Waals surface area contributed by atoms with Crippen LogP contribution in [0.1, 0.15) is 49.3 Å². The van der Waals surface area contributed by atoms with Gasteiger partial charge in [-0.3, -0.25) is 0 Å². The minimum Gasteiger partial charge on any atom is -0.479 e. The molecule has 0 amide bonds. The maximum Gasteiger partial charge on any atom is 0.352 e. The van der Waals surface area contributed by atoms with E-state index >= 15 is 0 Å². The summed E-state index contributed by atoms with van der Waals surface area (Å²) in [6, 6.07) is 22.5. The Balaban J connectivity index is 1.52. The summed E-state index contributed by atoms with van der Waals surface area (Å²) in [5.41, 5.74) is 9.25. The van der Waals surface area contributed by atoms with Gasteiger partial charge in [0.25, 0.3) is 0 Å². The van der Waals surface area contributed by atoms with Crippen LogP contribution in [0.15, 0.2) is 82.7 Å². The number of ether oxygens (including phenoxy) is 3. The number of hydrogen-bond donors (Lipinski definition) is 1. The molecule has 2 atom stereocenters. The monoisotopic (exact) mass is 532 g/mol. The summed E-state index contributed by atoms with van der Waals surface area (Å²) in [7, 11) is 0. The number of allylic oxidation sites excluding steroid dienone is 1. The molecule has 178 valence electrons. The van der Waals surface area contributed by atoms with Crippen molar-refractivity contribution < 1.29 is 19.0 Å².